The zero-order valence-electron chi connectivity index (χ0n) is 35.3. The number of carbonyl (C=O) groups is 4. The van der Waals surface area contributed by atoms with Gasteiger partial charge in [0.25, 0.3) is 0 Å². The first-order chi connectivity index (χ1) is 29.6. The topological polar surface area (TPSA) is 216 Å². The zero-order chi connectivity index (χ0) is 44.6. The van der Waals surface area contributed by atoms with Crippen LogP contribution in [-0.4, -0.2) is 129 Å². The smallest absolute Gasteiger partial charge is 0.407 e. The Bertz CT molecular complexity index is 2260. The van der Waals surface area contributed by atoms with E-state index in [0.29, 0.717) is 97.6 Å². The highest BCUT2D eigenvalue weighted by atomic mass is 79.9. The molecule has 0 radical (unpaired) electrons. The van der Waals surface area contributed by atoms with Gasteiger partial charge in [-0.2, -0.15) is 0 Å². The number of urea groups is 1. The number of piperidine rings is 1. The van der Waals surface area contributed by atoms with Crippen LogP contribution in [0.4, 0.5) is 15.4 Å². The van der Waals surface area contributed by atoms with Crippen molar-refractivity contribution < 1.29 is 33.8 Å². The highest BCUT2D eigenvalue weighted by Crippen LogP contribution is 2.34. The van der Waals surface area contributed by atoms with E-state index < -0.39 is 35.7 Å². The van der Waals surface area contributed by atoms with Crippen molar-refractivity contribution in [2.75, 3.05) is 57.8 Å². The molecular formula is C42H54Br2N10O8. The quantitative estimate of drug-likeness (QED) is 0.108. The number of alkyl carbamates (subject to hydrolysis) is 1. The minimum Gasteiger partial charge on any atom is -0.506 e. The number of H-pyrrole nitrogens is 1. The molecule has 2 atom stereocenters. The second-order valence-electron chi connectivity index (χ2n) is 16.4. The molecule has 2 aromatic carbocycles. The van der Waals surface area contributed by atoms with Crippen molar-refractivity contribution >= 4 is 72.6 Å². The summed E-state index contributed by atoms with van der Waals surface area (Å²) in [6.45, 7) is 7.98. The first-order valence-corrected chi connectivity index (χ1v) is 22.3. The molecule has 334 valence electrons. The summed E-state index contributed by atoms with van der Waals surface area (Å²) in [5, 5.41) is 19.1. The second kappa shape index (κ2) is 20.7. The van der Waals surface area contributed by atoms with Crippen molar-refractivity contribution in [3.63, 3.8) is 0 Å². The Balaban J connectivity index is 1.16. The number of hydrogen-bond acceptors (Lipinski definition) is 11. The van der Waals surface area contributed by atoms with Gasteiger partial charge in [0.1, 0.15) is 29.8 Å². The molecule has 4 heterocycles. The highest BCUT2D eigenvalue weighted by Gasteiger charge is 2.34. The van der Waals surface area contributed by atoms with Crippen molar-refractivity contribution in [3.05, 3.63) is 73.9 Å². The van der Waals surface area contributed by atoms with Crippen LogP contribution in [0.15, 0.2) is 62.7 Å². The van der Waals surface area contributed by atoms with E-state index in [4.69, 9.17) is 9.47 Å². The number of amides is 5. The maximum absolute atomic E-state index is 14.4. The number of rotatable bonds is 14. The number of unbranched alkanes of at least 4 members (excludes halogenated alkanes) is 1. The fourth-order valence-electron chi connectivity index (χ4n) is 7.74. The van der Waals surface area contributed by atoms with Gasteiger partial charge in [-0.1, -0.05) is 12.1 Å². The fourth-order valence-corrected chi connectivity index (χ4v) is 9.03. The summed E-state index contributed by atoms with van der Waals surface area (Å²) in [4.78, 5) is 84.6. The van der Waals surface area contributed by atoms with E-state index in [9.17, 15) is 29.1 Å². The summed E-state index contributed by atoms with van der Waals surface area (Å²) in [5.41, 5.74) is 1.33. The molecule has 62 heavy (non-hydrogen) atoms. The predicted octanol–water partition coefficient (Wildman–Crippen LogP) is 4.85. The third kappa shape index (κ3) is 11.8. The minimum atomic E-state index is -1.12. The number of aromatic hydroxyl groups is 1. The minimum absolute atomic E-state index is 0.0129. The van der Waals surface area contributed by atoms with Gasteiger partial charge in [-0.05, 0) is 115 Å². The van der Waals surface area contributed by atoms with Crippen LogP contribution in [-0.2, 0) is 20.7 Å². The average Bonchev–Trinajstić information content (AvgIpc) is 3.59. The number of halogens is 2. The third-order valence-electron chi connectivity index (χ3n) is 10.8. The van der Waals surface area contributed by atoms with E-state index in [0.717, 1.165) is 11.0 Å². The number of piperazine rings is 1. The second-order valence-corrected chi connectivity index (χ2v) is 18.1. The molecule has 0 saturated carbocycles. The van der Waals surface area contributed by atoms with Crippen molar-refractivity contribution in [2.24, 2.45) is 0 Å². The summed E-state index contributed by atoms with van der Waals surface area (Å²) >= 11 is 6.74. The zero-order valence-corrected chi connectivity index (χ0v) is 38.5. The lowest BCUT2D eigenvalue weighted by Gasteiger charge is -2.37. The van der Waals surface area contributed by atoms with Gasteiger partial charge in [-0.3, -0.25) is 14.2 Å². The average molecular weight is 987 g/mol. The van der Waals surface area contributed by atoms with Crippen LogP contribution >= 0.6 is 31.9 Å². The van der Waals surface area contributed by atoms with Crippen LogP contribution in [0.1, 0.15) is 64.5 Å². The number of anilines is 1. The molecule has 2 aliphatic heterocycles. The predicted molar refractivity (Wildman–Crippen MR) is 239 cm³/mol. The highest BCUT2D eigenvalue weighted by molar-refractivity contribution is 9.11. The standard InChI is InChI=1S/C42H54Br2N10O8/c1-42(2,3)62-41(60)46-14-8-7-10-31(38(57)52-19-17-51(18-20-52)36-34(61-4)24-45-25-47-36)48-37(56)32(23-26-21-28(43)35(55)29(44)22-26)50-39(58)53-15-12-27(13-16-53)54-33-11-6-5-9-30(33)49-40(54)59/h5-6,9,11,21-22,24-25,27,31-32,55H,7-8,10,12-20,23H2,1-4H3,(H,46,60)(H,48,56)(H,49,59)(H,50,58)/t31-,32+/m0/s1. The van der Waals surface area contributed by atoms with Crippen molar-refractivity contribution in [3.8, 4) is 11.5 Å². The molecule has 2 saturated heterocycles. The number of para-hydroxylation sites is 2. The van der Waals surface area contributed by atoms with Crippen LogP contribution < -0.4 is 31.3 Å². The first-order valence-electron chi connectivity index (χ1n) is 20.7. The Morgan fingerprint density at radius 3 is 2.32 bits per heavy atom. The van der Waals surface area contributed by atoms with E-state index in [2.05, 4.69) is 62.8 Å². The third-order valence-corrected chi connectivity index (χ3v) is 12.1. The summed E-state index contributed by atoms with van der Waals surface area (Å²) in [5.74, 6) is 0.295. The van der Waals surface area contributed by atoms with E-state index >= 15 is 0 Å². The monoisotopic (exact) mass is 984 g/mol. The van der Waals surface area contributed by atoms with Gasteiger partial charge < -0.3 is 50.2 Å². The Morgan fingerprint density at radius 1 is 0.952 bits per heavy atom. The molecule has 20 heteroatoms. The number of nitrogens with one attached hydrogen (secondary N) is 4. The van der Waals surface area contributed by atoms with Crippen LogP contribution in [0.25, 0.3) is 11.0 Å². The molecule has 2 fully saturated rings. The van der Waals surface area contributed by atoms with Crippen molar-refractivity contribution in [2.45, 2.75) is 83.0 Å². The number of nitrogens with zero attached hydrogens (tertiary/aromatic N) is 6. The molecule has 5 amide bonds. The summed E-state index contributed by atoms with van der Waals surface area (Å²) in [6, 6.07) is 8.18. The van der Waals surface area contributed by atoms with Gasteiger partial charge in [0.05, 0.1) is 33.3 Å². The van der Waals surface area contributed by atoms with E-state index in [-0.39, 0.29) is 36.2 Å². The summed E-state index contributed by atoms with van der Waals surface area (Å²) in [7, 11) is 1.55. The SMILES string of the molecule is COc1cncnc1N1CCN(C(=O)[C@H](CCCCNC(=O)OC(C)(C)C)NC(=O)[C@@H](Cc2cc(Br)c(O)c(Br)c2)NC(=O)N2CCC(n3c(=O)[nH]c4ccccc43)CC2)CC1. The van der Waals surface area contributed by atoms with Crippen molar-refractivity contribution in [1.29, 1.82) is 0 Å². The lowest BCUT2D eigenvalue weighted by molar-refractivity contribution is -0.137. The normalized spacial score (nSPS) is 15.8. The van der Waals surface area contributed by atoms with Gasteiger partial charge in [0.2, 0.25) is 11.8 Å². The Kier molecular flexibility index (Phi) is 15.4. The molecule has 2 aliphatic rings. The first kappa shape index (κ1) is 46.1. The van der Waals surface area contributed by atoms with Gasteiger partial charge in [-0.25, -0.2) is 24.4 Å². The van der Waals surface area contributed by atoms with Crippen LogP contribution in [0.5, 0.6) is 11.5 Å². The van der Waals surface area contributed by atoms with Crippen LogP contribution in [0.3, 0.4) is 0 Å². The number of phenolic OH excluding ortho intramolecular Hbond substituents is 1. The molecule has 0 spiro atoms. The number of imidazole rings is 1. The Hall–Kier alpha value is -5.37. The molecular weight excluding hydrogens is 932 g/mol. The Labute approximate surface area is 376 Å². The van der Waals surface area contributed by atoms with Gasteiger partial charge >= 0.3 is 17.8 Å². The van der Waals surface area contributed by atoms with E-state index in [1.807, 2.05) is 29.2 Å². The van der Waals surface area contributed by atoms with Gasteiger partial charge in [0.15, 0.2) is 11.6 Å². The number of fused-ring (bicyclic) bond motifs is 1. The lowest BCUT2D eigenvalue weighted by Crippen LogP contribution is -2.59. The number of aromatic nitrogens is 4. The summed E-state index contributed by atoms with van der Waals surface area (Å²) < 4.78 is 13.3. The van der Waals surface area contributed by atoms with Crippen LogP contribution in [0.2, 0.25) is 0 Å². The van der Waals surface area contributed by atoms with Crippen molar-refractivity contribution in [1.82, 2.24) is 45.3 Å². The van der Waals surface area contributed by atoms with Crippen LogP contribution in [0, 0.1) is 0 Å². The molecule has 18 nitrogen and oxygen atoms in total. The molecule has 6 rings (SSSR count). The number of benzene rings is 2. The van der Waals surface area contributed by atoms with Gasteiger partial charge in [-0.15, -0.1) is 0 Å². The number of ether oxygens (including phenoxy) is 2. The number of likely N-dealkylation sites (tertiary alicyclic amines) is 1. The largest absolute Gasteiger partial charge is 0.506 e. The number of methoxy groups -OCH3 is 1. The molecule has 2 aromatic heterocycles. The van der Waals surface area contributed by atoms with E-state index in [1.165, 1.54) is 6.33 Å². The Morgan fingerprint density at radius 2 is 1.65 bits per heavy atom. The maximum atomic E-state index is 14.4. The fraction of sp³-hybridized carbons (Fsp3) is 0.500. The maximum Gasteiger partial charge on any atom is 0.407 e. The molecule has 5 N–H and O–H groups in total. The molecule has 0 bridgehead atoms. The molecule has 0 unspecified atom stereocenters. The molecule has 0 aliphatic carbocycles. The molecule has 4 aromatic rings. The summed E-state index contributed by atoms with van der Waals surface area (Å²) in [6.07, 6.45) is 4.83. The van der Waals surface area contributed by atoms with E-state index in [1.54, 1.807) is 60.6 Å². The lowest BCUT2D eigenvalue weighted by atomic mass is 10.0. The number of carbonyl (C=O) groups excluding carboxylic acids is 4. The van der Waals surface area contributed by atoms with Gasteiger partial charge in [0, 0.05) is 58.3 Å². The number of aromatic amines is 1. The number of hydrogen-bond donors (Lipinski definition) is 5. The number of phenols is 1.